The van der Waals surface area contributed by atoms with Gasteiger partial charge in [0.2, 0.25) is 0 Å². The Bertz CT molecular complexity index is 1250. The van der Waals surface area contributed by atoms with Crippen molar-refractivity contribution < 1.29 is 0 Å². The fraction of sp³-hybridized carbons (Fsp3) is 0.200. The van der Waals surface area contributed by atoms with E-state index in [1.807, 2.05) is 12.3 Å². The highest BCUT2D eigenvalue weighted by atomic mass is 15.7. The van der Waals surface area contributed by atoms with Gasteiger partial charge in [0.15, 0.2) is 0 Å². The summed E-state index contributed by atoms with van der Waals surface area (Å²) in [6, 6.07) is 16.9. The highest BCUT2D eigenvalue weighted by Crippen LogP contribution is 2.39. The van der Waals surface area contributed by atoms with Gasteiger partial charge in [0.25, 0.3) is 0 Å². The zero-order chi connectivity index (χ0) is 22.1. The molecule has 5 rings (SSSR count). The maximum atomic E-state index is 5.91. The average molecular weight is 426 g/mol. The molecule has 0 bridgehead atoms. The summed E-state index contributed by atoms with van der Waals surface area (Å²) in [5.41, 5.74) is 21.1. The number of rotatable bonds is 4. The first kappa shape index (κ1) is 20.1. The summed E-state index contributed by atoms with van der Waals surface area (Å²) in [7, 11) is 1.76. The van der Waals surface area contributed by atoms with Crippen LogP contribution in [-0.4, -0.2) is 29.8 Å². The minimum atomic E-state index is 0.0999. The molecule has 0 spiro atoms. The van der Waals surface area contributed by atoms with Gasteiger partial charge in [-0.05, 0) is 42.7 Å². The fourth-order valence-electron chi connectivity index (χ4n) is 4.56. The van der Waals surface area contributed by atoms with Crippen LogP contribution in [-0.2, 0) is 0 Å². The third kappa shape index (κ3) is 3.46. The van der Waals surface area contributed by atoms with Gasteiger partial charge in [-0.25, -0.2) is 0 Å². The summed E-state index contributed by atoms with van der Waals surface area (Å²) < 4.78 is 0. The highest BCUT2D eigenvalue weighted by molar-refractivity contribution is 6.09. The predicted octanol–water partition coefficient (Wildman–Crippen LogP) is 3.81. The fourth-order valence-corrected chi connectivity index (χ4v) is 4.56. The molecule has 0 saturated heterocycles. The van der Waals surface area contributed by atoms with Crippen LogP contribution in [0.15, 0.2) is 71.6 Å². The van der Waals surface area contributed by atoms with E-state index in [4.69, 9.17) is 5.73 Å². The van der Waals surface area contributed by atoms with Crippen LogP contribution in [0.4, 0.5) is 5.69 Å². The van der Waals surface area contributed by atoms with E-state index in [0.29, 0.717) is 0 Å². The molecule has 2 aliphatic heterocycles. The lowest BCUT2D eigenvalue weighted by atomic mass is 9.92. The molecular formula is C25H27N7. The standard InChI is InChI=1S/C25H27N7/c1-16-25-20-9-8-18(19(14-26)15-27-2)13-21(20)22(10-12-32(25)31-30-16)29-23-7-3-5-17-6-4-11-28-24(17)23/h3-9,11,13-15,22,29-31H,10,12,26H2,1-2H3. The zero-order valence-electron chi connectivity index (χ0n) is 18.3. The lowest BCUT2D eigenvalue weighted by Gasteiger charge is -2.22. The largest absolute Gasteiger partial charge is 0.404 e. The minimum absolute atomic E-state index is 0.0999. The van der Waals surface area contributed by atoms with Gasteiger partial charge in [-0.15, -0.1) is 5.53 Å². The number of nitrogens with two attached hydrogens (primary N) is 1. The number of fused-ring (bicyclic) bond motifs is 4. The number of hydrazine groups is 2. The van der Waals surface area contributed by atoms with Crippen molar-refractivity contribution in [2.45, 2.75) is 19.4 Å². The SMILES string of the molecule is CN=CC(=CN)c1ccc2c(c1)C(Nc1cccc3cccnc13)CCN1NNC(C)=C21. The molecule has 1 atom stereocenters. The highest BCUT2D eigenvalue weighted by Gasteiger charge is 2.30. The van der Waals surface area contributed by atoms with Crippen molar-refractivity contribution in [2.24, 2.45) is 10.7 Å². The molecule has 162 valence electrons. The summed E-state index contributed by atoms with van der Waals surface area (Å²) in [4.78, 5) is 8.80. The smallest absolute Gasteiger partial charge is 0.0933 e. The van der Waals surface area contributed by atoms with Gasteiger partial charge in [-0.3, -0.25) is 15.0 Å². The van der Waals surface area contributed by atoms with Crippen molar-refractivity contribution in [3.8, 4) is 0 Å². The van der Waals surface area contributed by atoms with E-state index in [2.05, 4.69) is 80.7 Å². The van der Waals surface area contributed by atoms with Crippen molar-refractivity contribution in [1.82, 2.24) is 21.0 Å². The Balaban J connectivity index is 1.64. The molecule has 2 aromatic carbocycles. The molecule has 7 heteroatoms. The summed E-state index contributed by atoms with van der Waals surface area (Å²) >= 11 is 0. The lowest BCUT2D eigenvalue weighted by molar-refractivity contribution is 0.281. The molecule has 3 heterocycles. The molecule has 2 aliphatic rings. The number of para-hydroxylation sites is 1. The molecule has 5 N–H and O–H groups in total. The Morgan fingerprint density at radius 1 is 1.25 bits per heavy atom. The number of aromatic nitrogens is 1. The number of benzene rings is 2. The molecule has 7 nitrogen and oxygen atoms in total. The third-order valence-corrected chi connectivity index (χ3v) is 6.07. The van der Waals surface area contributed by atoms with Crippen molar-refractivity contribution >= 4 is 34.1 Å². The van der Waals surface area contributed by atoms with Gasteiger partial charge in [-0.2, -0.15) is 0 Å². The van der Waals surface area contributed by atoms with Crippen molar-refractivity contribution in [3.05, 3.63) is 83.3 Å². The van der Waals surface area contributed by atoms with Gasteiger partial charge in [0.1, 0.15) is 0 Å². The summed E-state index contributed by atoms with van der Waals surface area (Å²) in [5, 5.41) is 7.10. The Morgan fingerprint density at radius 2 is 2.12 bits per heavy atom. The second-order valence-electron chi connectivity index (χ2n) is 8.04. The zero-order valence-corrected chi connectivity index (χ0v) is 18.3. The first-order chi connectivity index (χ1) is 15.7. The van der Waals surface area contributed by atoms with Crippen LogP contribution in [0.5, 0.6) is 0 Å². The molecular weight excluding hydrogens is 398 g/mol. The molecule has 0 amide bonds. The number of nitrogens with one attached hydrogen (secondary N) is 3. The molecule has 0 radical (unpaired) electrons. The van der Waals surface area contributed by atoms with Crippen LogP contribution in [0, 0.1) is 0 Å². The minimum Gasteiger partial charge on any atom is -0.404 e. The molecule has 0 saturated carbocycles. The van der Waals surface area contributed by atoms with E-state index in [1.165, 1.54) is 16.8 Å². The molecule has 0 aliphatic carbocycles. The quantitative estimate of drug-likeness (QED) is 0.476. The summed E-state index contributed by atoms with van der Waals surface area (Å²) in [6.45, 7) is 2.95. The monoisotopic (exact) mass is 425 g/mol. The normalized spacial score (nSPS) is 18.5. The second-order valence-corrected chi connectivity index (χ2v) is 8.04. The maximum Gasteiger partial charge on any atom is 0.0933 e. The van der Waals surface area contributed by atoms with Crippen LogP contribution in [0.25, 0.3) is 22.2 Å². The van der Waals surface area contributed by atoms with E-state index in [1.54, 1.807) is 19.5 Å². The number of allylic oxidation sites excluding steroid dienone is 2. The average Bonchev–Trinajstić information content (AvgIpc) is 3.12. The second kappa shape index (κ2) is 8.36. The van der Waals surface area contributed by atoms with E-state index < -0.39 is 0 Å². The number of nitrogens with zero attached hydrogens (tertiary/aromatic N) is 3. The van der Waals surface area contributed by atoms with E-state index in [9.17, 15) is 0 Å². The summed E-state index contributed by atoms with van der Waals surface area (Å²) in [6.07, 6.45) is 6.16. The van der Waals surface area contributed by atoms with E-state index in [-0.39, 0.29) is 6.04 Å². The number of hydrogen-bond donors (Lipinski definition) is 4. The lowest BCUT2D eigenvalue weighted by Crippen LogP contribution is -2.37. The molecule has 1 unspecified atom stereocenters. The van der Waals surface area contributed by atoms with Gasteiger partial charge in [0, 0.05) is 48.7 Å². The Hall–Kier alpha value is -3.84. The third-order valence-electron chi connectivity index (χ3n) is 6.07. The van der Waals surface area contributed by atoms with Crippen LogP contribution in [0.3, 0.4) is 0 Å². The Kier molecular flexibility index (Phi) is 5.25. The molecule has 32 heavy (non-hydrogen) atoms. The van der Waals surface area contributed by atoms with Crippen molar-refractivity contribution in [1.29, 1.82) is 0 Å². The summed E-state index contributed by atoms with van der Waals surface area (Å²) in [5.74, 6) is 0. The van der Waals surface area contributed by atoms with Gasteiger partial charge in [-0.1, -0.05) is 30.3 Å². The number of hydrogen-bond acceptors (Lipinski definition) is 7. The number of anilines is 1. The van der Waals surface area contributed by atoms with E-state index in [0.717, 1.165) is 46.4 Å². The van der Waals surface area contributed by atoms with Crippen LogP contribution in [0.1, 0.15) is 36.1 Å². The number of aliphatic imine (C=N–C) groups is 1. The van der Waals surface area contributed by atoms with Gasteiger partial charge in [0.05, 0.1) is 28.6 Å². The molecule has 1 aromatic heterocycles. The van der Waals surface area contributed by atoms with Crippen LogP contribution in [0.2, 0.25) is 0 Å². The first-order valence-electron chi connectivity index (χ1n) is 10.8. The van der Waals surface area contributed by atoms with Gasteiger partial charge >= 0.3 is 0 Å². The van der Waals surface area contributed by atoms with Crippen molar-refractivity contribution in [2.75, 3.05) is 18.9 Å². The topological polar surface area (TPSA) is 90.6 Å². The Morgan fingerprint density at radius 3 is 2.97 bits per heavy atom. The number of pyridine rings is 1. The van der Waals surface area contributed by atoms with E-state index >= 15 is 0 Å². The molecule has 3 aromatic rings. The molecule has 0 fully saturated rings. The van der Waals surface area contributed by atoms with Crippen LogP contribution >= 0.6 is 0 Å². The Labute approximate surface area is 187 Å². The maximum absolute atomic E-state index is 5.91. The van der Waals surface area contributed by atoms with Crippen molar-refractivity contribution in [3.63, 3.8) is 0 Å². The predicted molar refractivity (Wildman–Crippen MR) is 131 cm³/mol. The van der Waals surface area contributed by atoms with Crippen LogP contribution < -0.4 is 22.0 Å². The first-order valence-corrected chi connectivity index (χ1v) is 10.8. The van der Waals surface area contributed by atoms with Gasteiger partial charge < -0.3 is 16.5 Å².